The summed E-state index contributed by atoms with van der Waals surface area (Å²) in [6.07, 6.45) is 3.90. The van der Waals surface area contributed by atoms with Gasteiger partial charge in [-0.25, -0.2) is 9.97 Å². The van der Waals surface area contributed by atoms with Crippen LogP contribution in [0.15, 0.2) is 35.5 Å². The van der Waals surface area contributed by atoms with Crippen molar-refractivity contribution in [1.29, 1.82) is 0 Å². The summed E-state index contributed by atoms with van der Waals surface area (Å²) in [5.41, 5.74) is 2.40. The lowest BCUT2D eigenvalue weighted by molar-refractivity contribution is -0.105. The molecule has 3 aromatic rings. The maximum absolute atomic E-state index is 13.2. The van der Waals surface area contributed by atoms with Gasteiger partial charge in [0.05, 0.1) is 25.0 Å². The number of hydrogen-bond donors (Lipinski definition) is 1. The van der Waals surface area contributed by atoms with E-state index in [2.05, 4.69) is 45.7 Å². The number of thioether (sulfide) groups is 1. The van der Waals surface area contributed by atoms with Crippen molar-refractivity contribution < 1.29 is 17.9 Å². The van der Waals surface area contributed by atoms with Gasteiger partial charge in [-0.2, -0.15) is 18.2 Å². The standard InChI is InChI=1S/C31H41F3N6OS/c1-20-11-13-22(14-12-20)17-40-26-27(35-21(2)23-9-6-10-23)36-29(42-19-31(32,33)34)37-28(26)38-30(40)39-15-16-41-18-25(39)24-7-4-3-5-8-24/h3-5,7-8,20-23,25H,6,9-19H2,1-2H3,(H,35,36,37)/t20-,21-,22-,25+/m1/s1. The number of halogens is 3. The lowest BCUT2D eigenvalue weighted by Crippen LogP contribution is -2.41. The Balaban J connectivity index is 1.45. The summed E-state index contributed by atoms with van der Waals surface area (Å²) in [4.78, 5) is 16.7. The quantitative estimate of drug-likeness (QED) is 0.201. The lowest BCUT2D eigenvalue weighted by atomic mass is 9.80. The van der Waals surface area contributed by atoms with E-state index in [0.29, 0.717) is 54.8 Å². The predicted octanol–water partition coefficient (Wildman–Crippen LogP) is 7.49. The van der Waals surface area contributed by atoms with E-state index in [1.165, 1.54) is 19.3 Å². The van der Waals surface area contributed by atoms with Crippen LogP contribution in [0, 0.1) is 17.8 Å². The van der Waals surface area contributed by atoms with Gasteiger partial charge in [0, 0.05) is 19.1 Å². The molecular formula is C31H41F3N6OS. The number of hydrogen-bond acceptors (Lipinski definition) is 7. The van der Waals surface area contributed by atoms with Gasteiger partial charge in [-0.1, -0.05) is 68.3 Å². The summed E-state index contributed by atoms with van der Waals surface area (Å²) in [5, 5.41) is 3.72. The van der Waals surface area contributed by atoms with Crippen LogP contribution in [-0.4, -0.2) is 57.2 Å². The molecule has 3 heterocycles. The first kappa shape index (κ1) is 29.5. The van der Waals surface area contributed by atoms with Crippen LogP contribution < -0.4 is 10.2 Å². The fourth-order valence-electron chi connectivity index (χ4n) is 6.55. The van der Waals surface area contributed by atoms with E-state index < -0.39 is 11.9 Å². The Kier molecular flexibility index (Phi) is 8.86. The molecule has 2 saturated carbocycles. The van der Waals surface area contributed by atoms with Crippen LogP contribution in [0.3, 0.4) is 0 Å². The molecule has 228 valence electrons. The Hall–Kier alpha value is -2.53. The summed E-state index contributed by atoms with van der Waals surface area (Å²) in [6, 6.07) is 10.4. The molecule has 2 aromatic heterocycles. The number of ether oxygens (including phenoxy) is 1. The molecule has 0 spiro atoms. The van der Waals surface area contributed by atoms with E-state index in [1.54, 1.807) is 0 Å². The zero-order chi connectivity index (χ0) is 29.3. The highest BCUT2D eigenvalue weighted by Gasteiger charge is 2.34. The molecule has 0 radical (unpaired) electrons. The highest BCUT2D eigenvalue weighted by molar-refractivity contribution is 7.99. The van der Waals surface area contributed by atoms with Crippen molar-refractivity contribution in [1.82, 2.24) is 19.5 Å². The van der Waals surface area contributed by atoms with Gasteiger partial charge in [-0.15, -0.1) is 0 Å². The molecule has 2 atom stereocenters. The number of nitrogens with zero attached hydrogens (tertiary/aromatic N) is 5. The number of benzene rings is 1. The van der Waals surface area contributed by atoms with Crippen molar-refractivity contribution in [3.63, 3.8) is 0 Å². The maximum Gasteiger partial charge on any atom is 0.398 e. The van der Waals surface area contributed by atoms with Crippen molar-refractivity contribution in [3.05, 3.63) is 35.9 Å². The molecule has 3 fully saturated rings. The Morgan fingerprint density at radius 2 is 1.81 bits per heavy atom. The zero-order valence-corrected chi connectivity index (χ0v) is 25.3. The van der Waals surface area contributed by atoms with E-state index >= 15 is 0 Å². The number of fused-ring (bicyclic) bond motifs is 1. The average Bonchev–Trinajstić information content (AvgIpc) is 3.30. The number of alkyl halides is 3. The molecule has 1 aromatic carbocycles. The topological polar surface area (TPSA) is 68.1 Å². The highest BCUT2D eigenvalue weighted by Crippen LogP contribution is 2.39. The molecule has 11 heteroatoms. The number of aromatic nitrogens is 4. The Bertz CT molecular complexity index is 1340. The van der Waals surface area contributed by atoms with Crippen molar-refractivity contribution in [2.24, 2.45) is 17.8 Å². The molecule has 1 N–H and O–H groups in total. The number of rotatable bonds is 9. The smallest absolute Gasteiger partial charge is 0.377 e. The Labute approximate surface area is 250 Å². The van der Waals surface area contributed by atoms with E-state index in [1.807, 2.05) is 18.2 Å². The van der Waals surface area contributed by atoms with Gasteiger partial charge in [0.2, 0.25) is 5.95 Å². The van der Waals surface area contributed by atoms with E-state index in [-0.39, 0.29) is 17.2 Å². The minimum Gasteiger partial charge on any atom is -0.377 e. The molecule has 2 aliphatic carbocycles. The summed E-state index contributed by atoms with van der Waals surface area (Å²) in [7, 11) is 0. The highest BCUT2D eigenvalue weighted by atomic mass is 32.2. The van der Waals surface area contributed by atoms with Crippen LogP contribution in [-0.2, 0) is 11.3 Å². The number of nitrogens with one attached hydrogen (secondary N) is 1. The van der Waals surface area contributed by atoms with Gasteiger partial charge < -0.3 is 19.5 Å². The van der Waals surface area contributed by atoms with Crippen LogP contribution in [0.4, 0.5) is 24.9 Å². The van der Waals surface area contributed by atoms with Gasteiger partial charge in [0.15, 0.2) is 16.6 Å². The summed E-state index contributed by atoms with van der Waals surface area (Å²) in [5.74, 6) is 2.11. The van der Waals surface area contributed by atoms with Crippen molar-refractivity contribution in [2.75, 3.05) is 35.7 Å². The molecule has 0 bridgehead atoms. The predicted molar refractivity (Wildman–Crippen MR) is 161 cm³/mol. The number of morpholine rings is 1. The molecule has 1 saturated heterocycles. The molecule has 1 aliphatic heterocycles. The van der Waals surface area contributed by atoms with Crippen molar-refractivity contribution in [3.8, 4) is 0 Å². The van der Waals surface area contributed by atoms with Crippen LogP contribution in [0.1, 0.15) is 70.4 Å². The second kappa shape index (κ2) is 12.6. The van der Waals surface area contributed by atoms with Crippen LogP contribution in [0.25, 0.3) is 11.2 Å². The third-order valence-electron chi connectivity index (χ3n) is 9.29. The minimum atomic E-state index is -4.31. The monoisotopic (exact) mass is 602 g/mol. The van der Waals surface area contributed by atoms with Gasteiger partial charge in [-0.3, -0.25) is 0 Å². The van der Waals surface area contributed by atoms with Crippen LogP contribution >= 0.6 is 11.8 Å². The Morgan fingerprint density at radius 3 is 2.50 bits per heavy atom. The fourth-order valence-corrected chi connectivity index (χ4v) is 7.15. The molecular weight excluding hydrogens is 561 g/mol. The van der Waals surface area contributed by atoms with E-state index in [0.717, 1.165) is 55.2 Å². The van der Waals surface area contributed by atoms with Crippen molar-refractivity contribution in [2.45, 2.75) is 88.8 Å². The van der Waals surface area contributed by atoms with Gasteiger partial charge >= 0.3 is 6.18 Å². The molecule has 3 aliphatic rings. The summed E-state index contributed by atoms with van der Waals surface area (Å²) >= 11 is 0.626. The normalized spacial score (nSPS) is 24.5. The molecule has 6 rings (SSSR count). The second-order valence-electron chi connectivity index (χ2n) is 12.4. The van der Waals surface area contributed by atoms with E-state index in [9.17, 15) is 13.2 Å². The second-order valence-corrected chi connectivity index (χ2v) is 13.3. The molecule has 0 unspecified atom stereocenters. The summed E-state index contributed by atoms with van der Waals surface area (Å²) in [6.45, 7) is 7.03. The average molecular weight is 603 g/mol. The third kappa shape index (κ3) is 6.67. The Morgan fingerprint density at radius 1 is 1.05 bits per heavy atom. The summed E-state index contributed by atoms with van der Waals surface area (Å²) < 4.78 is 47.8. The number of anilines is 2. The lowest BCUT2D eigenvalue weighted by Gasteiger charge is -2.37. The van der Waals surface area contributed by atoms with Gasteiger partial charge in [0.25, 0.3) is 0 Å². The maximum atomic E-state index is 13.2. The third-order valence-corrected chi connectivity index (χ3v) is 10.2. The molecule has 7 nitrogen and oxygen atoms in total. The van der Waals surface area contributed by atoms with Crippen molar-refractivity contribution >= 4 is 34.7 Å². The molecule has 0 amide bonds. The first-order valence-electron chi connectivity index (χ1n) is 15.4. The van der Waals surface area contributed by atoms with Crippen LogP contribution in [0.5, 0.6) is 0 Å². The minimum absolute atomic E-state index is 0.0285. The first-order valence-corrected chi connectivity index (χ1v) is 16.4. The molecule has 42 heavy (non-hydrogen) atoms. The number of imidazole rings is 1. The van der Waals surface area contributed by atoms with Gasteiger partial charge in [-0.05, 0) is 55.9 Å². The van der Waals surface area contributed by atoms with Crippen LogP contribution in [0.2, 0.25) is 0 Å². The first-order chi connectivity index (χ1) is 20.2. The van der Waals surface area contributed by atoms with E-state index in [4.69, 9.17) is 14.7 Å². The van der Waals surface area contributed by atoms with Gasteiger partial charge in [0.1, 0.15) is 5.52 Å². The SMILES string of the molecule is C[C@@H](Nc1nc(SCC(F)(F)F)nc2nc(N3CCOC[C@H]3c3ccccc3)n(C[C@H]3CC[C@H](C)CC3)c12)C1CCC1. The largest absolute Gasteiger partial charge is 0.398 e. The zero-order valence-electron chi connectivity index (χ0n) is 24.4. The fraction of sp³-hybridized carbons (Fsp3) is 0.645.